The number of thiol groups is 1. The van der Waals surface area contributed by atoms with Crippen LogP contribution in [0.1, 0.15) is 12.8 Å². The second-order valence-corrected chi connectivity index (χ2v) is 4.33. The highest BCUT2D eigenvalue weighted by atomic mass is 32.1. The van der Waals surface area contributed by atoms with Gasteiger partial charge in [0, 0.05) is 13.1 Å². The van der Waals surface area contributed by atoms with Gasteiger partial charge in [-0.05, 0) is 19.4 Å². The second kappa shape index (κ2) is 8.78. The minimum atomic E-state index is -0.345. The number of azo groups is 1. The SMILES string of the molecule is NC1N=NC(S)N1.NCCCC1CNCCO1. The van der Waals surface area contributed by atoms with Crippen molar-refractivity contribution >= 4 is 12.6 Å². The molecule has 17 heavy (non-hydrogen) atoms. The molecule has 0 aromatic carbocycles. The van der Waals surface area contributed by atoms with Crippen LogP contribution in [0.2, 0.25) is 0 Å². The van der Waals surface area contributed by atoms with Gasteiger partial charge in [0.2, 0.25) is 0 Å². The number of nitrogens with zero attached hydrogens (tertiary/aromatic N) is 2. The van der Waals surface area contributed by atoms with Crippen LogP contribution in [0.5, 0.6) is 0 Å². The Morgan fingerprint density at radius 1 is 1.41 bits per heavy atom. The zero-order valence-corrected chi connectivity index (χ0v) is 10.8. The summed E-state index contributed by atoms with van der Waals surface area (Å²) in [5.41, 5.74) is 10.4. The van der Waals surface area contributed by atoms with Gasteiger partial charge in [-0.3, -0.25) is 11.1 Å². The molecule has 2 heterocycles. The molecule has 6 N–H and O–H groups in total. The van der Waals surface area contributed by atoms with Crippen LogP contribution in [0, 0.1) is 0 Å². The van der Waals surface area contributed by atoms with Crippen LogP contribution < -0.4 is 22.1 Å². The van der Waals surface area contributed by atoms with Crippen LogP contribution in [0.15, 0.2) is 10.2 Å². The number of hydrogen-bond acceptors (Lipinski definition) is 8. The molecule has 0 aliphatic carbocycles. The Kier molecular flexibility index (Phi) is 7.65. The maximum atomic E-state index is 5.46. The van der Waals surface area contributed by atoms with Crippen molar-refractivity contribution in [1.82, 2.24) is 10.6 Å². The topological polar surface area (TPSA) is 110 Å². The van der Waals surface area contributed by atoms with Gasteiger partial charge in [0.15, 0.2) is 11.8 Å². The summed E-state index contributed by atoms with van der Waals surface area (Å²) in [6.07, 6.45) is 2.25. The molecule has 0 amide bonds. The van der Waals surface area contributed by atoms with E-state index in [0.29, 0.717) is 6.10 Å². The van der Waals surface area contributed by atoms with E-state index >= 15 is 0 Å². The van der Waals surface area contributed by atoms with E-state index in [4.69, 9.17) is 16.2 Å². The van der Waals surface area contributed by atoms with Gasteiger partial charge in [-0.1, -0.05) is 0 Å². The third-order valence-electron chi connectivity index (χ3n) is 2.35. The maximum absolute atomic E-state index is 5.46. The first kappa shape index (κ1) is 14.8. The van der Waals surface area contributed by atoms with E-state index in [1.165, 1.54) is 0 Å². The summed E-state index contributed by atoms with van der Waals surface area (Å²) in [6.45, 7) is 3.63. The number of morpholine rings is 1. The van der Waals surface area contributed by atoms with Gasteiger partial charge >= 0.3 is 0 Å². The first-order chi connectivity index (χ1) is 8.22. The third-order valence-corrected chi connectivity index (χ3v) is 2.61. The van der Waals surface area contributed by atoms with E-state index in [2.05, 4.69) is 33.5 Å². The largest absolute Gasteiger partial charge is 0.376 e. The molecule has 1 saturated heterocycles. The average molecular weight is 262 g/mol. The molecule has 0 aromatic rings. The molecule has 1 fully saturated rings. The highest BCUT2D eigenvalue weighted by Crippen LogP contribution is 2.02. The maximum Gasteiger partial charge on any atom is 0.173 e. The molecule has 3 atom stereocenters. The number of nitrogens with two attached hydrogens (primary N) is 2. The zero-order valence-electron chi connectivity index (χ0n) is 9.88. The number of hydrogen-bond donors (Lipinski definition) is 5. The van der Waals surface area contributed by atoms with Crippen molar-refractivity contribution in [2.24, 2.45) is 21.7 Å². The lowest BCUT2D eigenvalue weighted by molar-refractivity contribution is 0.0228. The molecule has 2 rings (SSSR count). The van der Waals surface area contributed by atoms with Crippen LogP contribution >= 0.6 is 12.6 Å². The average Bonchev–Trinajstić information content (AvgIpc) is 2.73. The Morgan fingerprint density at radius 2 is 2.24 bits per heavy atom. The fourth-order valence-electron chi connectivity index (χ4n) is 1.51. The zero-order chi connectivity index (χ0) is 12.5. The van der Waals surface area contributed by atoms with E-state index < -0.39 is 0 Å². The Balaban J connectivity index is 0.000000181. The first-order valence-electron chi connectivity index (χ1n) is 5.84. The lowest BCUT2D eigenvalue weighted by Crippen LogP contribution is -2.38. The highest BCUT2D eigenvalue weighted by molar-refractivity contribution is 7.80. The van der Waals surface area contributed by atoms with Crippen molar-refractivity contribution in [2.45, 2.75) is 30.7 Å². The molecule has 0 aromatic heterocycles. The fraction of sp³-hybridized carbons (Fsp3) is 1.00. The van der Waals surface area contributed by atoms with E-state index in [0.717, 1.165) is 39.1 Å². The van der Waals surface area contributed by atoms with Gasteiger partial charge in [0.25, 0.3) is 0 Å². The van der Waals surface area contributed by atoms with Crippen LogP contribution in [0.25, 0.3) is 0 Å². The molecule has 0 spiro atoms. The monoisotopic (exact) mass is 262 g/mol. The summed E-state index contributed by atoms with van der Waals surface area (Å²) in [5, 5.41) is 13.1. The second-order valence-electron chi connectivity index (χ2n) is 3.84. The summed E-state index contributed by atoms with van der Waals surface area (Å²) < 4.78 is 5.46. The molecule has 2 aliphatic rings. The van der Waals surface area contributed by atoms with E-state index in [9.17, 15) is 0 Å². The fourth-order valence-corrected chi connectivity index (χ4v) is 1.72. The summed E-state index contributed by atoms with van der Waals surface area (Å²) in [7, 11) is 0. The van der Waals surface area contributed by atoms with Crippen molar-refractivity contribution in [3.63, 3.8) is 0 Å². The van der Waals surface area contributed by atoms with Gasteiger partial charge in [0.1, 0.15) is 0 Å². The van der Waals surface area contributed by atoms with Gasteiger partial charge in [0.05, 0.1) is 12.7 Å². The van der Waals surface area contributed by atoms with E-state index in [-0.39, 0.29) is 11.8 Å². The van der Waals surface area contributed by atoms with Crippen molar-refractivity contribution < 1.29 is 4.74 Å². The normalized spacial score (nSPS) is 32.1. The standard InChI is InChI=1S/C7H16N2O.C2H6N4S/c8-3-1-2-7-6-9-4-5-10-7;3-1-4-2(7)6-5-1/h7,9H,1-6,8H2;1-2,4,7H,3H2. The highest BCUT2D eigenvalue weighted by Gasteiger charge is 2.11. The Hall–Kier alpha value is -0.250. The Bertz CT molecular complexity index is 214. The molecule has 100 valence electrons. The van der Waals surface area contributed by atoms with Crippen LogP contribution in [0.3, 0.4) is 0 Å². The van der Waals surface area contributed by atoms with Crippen molar-refractivity contribution in [2.75, 3.05) is 26.2 Å². The van der Waals surface area contributed by atoms with Crippen LogP contribution in [-0.2, 0) is 4.74 Å². The quantitative estimate of drug-likeness (QED) is 0.428. The predicted octanol–water partition coefficient (Wildman–Crippen LogP) is -0.789. The molecule has 0 bridgehead atoms. The van der Waals surface area contributed by atoms with Crippen molar-refractivity contribution in [1.29, 1.82) is 0 Å². The lowest BCUT2D eigenvalue weighted by atomic mass is 10.2. The smallest absolute Gasteiger partial charge is 0.173 e. The van der Waals surface area contributed by atoms with Gasteiger partial charge in [-0.25, -0.2) is 0 Å². The minimum Gasteiger partial charge on any atom is -0.376 e. The Labute approximate surface area is 107 Å². The molecule has 0 radical (unpaired) electrons. The molecule has 7 nitrogen and oxygen atoms in total. The predicted molar refractivity (Wildman–Crippen MR) is 69.6 cm³/mol. The van der Waals surface area contributed by atoms with Gasteiger partial charge < -0.3 is 15.8 Å². The third kappa shape index (κ3) is 6.92. The molecular weight excluding hydrogens is 240 g/mol. The molecule has 2 aliphatic heterocycles. The summed E-state index contributed by atoms with van der Waals surface area (Å²) >= 11 is 3.90. The van der Waals surface area contributed by atoms with E-state index in [1.807, 2.05) is 0 Å². The number of nitrogens with one attached hydrogen (secondary N) is 2. The molecular formula is C9H22N6OS. The molecule has 3 unspecified atom stereocenters. The van der Waals surface area contributed by atoms with Crippen molar-refractivity contribution in [3.05, 3.63) is 0 Å². The van der Waals surface area contributed by atoms with Crippen molar-refractivity contribution in [3.8, 4) is 0 Å². The lowest BCUT2D eigenvalue weighted by Gasteiger charge is -2.23. The number of ether oxygens (including phenoxy) is 1. The van der Waals surface area contributed by atoms with Gasteiger partial charge in [-0.2, -0.15) is 10.2 Å². The van der Waals surface area contributed by atoms with Gasteiger partial charge in [-0.15, -0.1) is 12.6 Å². The minimum absolute atomic E-state index is 0.199. The summed E-state index contributed by atoms with van der Waals surface area (Å²) in [4.78, 5) is 0. The summed E-state index contributed by atoms with van der Waals surface area (Å²) in [6, 6.07) is 0. The van der Waals surface area contributed by atoms with Crippen LogP contribution in [0.4, 0.5) is 0 Å². The number of rotatable bonds is 3. The molecule has 0 saturated carbocycles. The molecule has 8 heteroatoms. The Morgan fingerprint density at radius 3 is 2.65 bits per heavy atom. The first-order valence-corrected chi connectivity index (χ1v) is 6.36. The summed E-state index contributed by atoms with van der Waals surface area (Å²) in [5.74, 6) is 0. The van der Waals surface area contributed by atoms with Crippen LogP contribution in [-0.4, -0.2) is 44.1 Å². The van der Waals surface area contributed by atoms with E-state index in [1.54, 1.807) is 0 Å².